The molecule has 22 heavy (non-hydrogen) atoms. The van der Waals surface area contributed by atoms with Gasteiger partial charge in [-0.15, -0.1) is 0 Å². The number of rotatable bonds is 5. The molecular weight excluding hydrogens is 304 g/mol. The molecular formula is C15H22N2O4S. The van der Waals surface area contributed by atoms with E-state index in [0.717, 1.165) is 19.3 Å². The molecule has 1 aliphatic heterocycles. The van der Waals surface area contributed by atoms with Crippen molar-refractivity contribution in [3.05, 3.63) is 29.8 Å². The molecule has 1 atom stereocenters. The molecule has 1 amide bonds. The lowest BCUT2D eigenvalue weighted by Crippen LogP contribution is -2.42. The van der Waals surface area contributed by atoms with Gasteiger partial charge in [-0.2, -0.15) is 4.31 Å². The van der Waals surface area contributed by atoms with E-state index in [0.29, 0.717) is 6.54 Å². The highest BCUT2D eigenvalue weighted by molar-refractivity contribution is 7.89. The van der Waals surface area contributed by atoms with Crippen molar-refractivity contribution in [2.24, 2.45) is 0 Å². The molecule has 0 bridgehead atoms. The topological polar surface area (TPSA) is 86.7 Å². The summed E-state index contributed by atoms with van der Waals surface area (Å²) in [5.74, 6) is -0.391. The summed E-state index contributed by atoms with van der Waals surface area (Å²) in [5, 5.41) is 11.2. The highest BCUT2D eigenvalue weighted by atomic mass is 32.2. The molecule has 122 valence electrons. The number of nitrogens with zero attached hydrogens (tertiary/aromatic N) is 1. The number of aliphatic hydroxyl groups excluding tert-OH is 1. The van der Waals surface area contributed by atoms with Crippen LogP contribution in [0.15, 0.2) is 29.2 Å². The van der Waals surface area contributed by atoms with Crippen LogP contribution in [-0.2, 0) is 10.0 Å². The Bertz CT molecular complexity index is 630. The third kappa shape index (κ3) is 3.66. The van der Waals surface area contributed by atoms with Crippen LogP contribution in [0, 0.1) is 0 Å². The lowest BCUT2D eigenvalue weighted by atomic mass is 10.1. The Kier molecular flexibility index (Phi) is 5.55. The lowest BCUT2D eigenvalue weighted by molar-refractivity contribution is 0.0944. The Labute approximate surface area is 131 Å². The van der Waals surface area contributed by atoms with Crippen LogP contribution in [0.25, 0.3) is 0 Å². The fourth-order valence-electron chi connectivity index (χ4n) is 2.63. The van der Waals surface area contributed by atoms with Crippen molar-refractivity contribution in [3.63, 3.8) is 0 Å². The molecule has 1 aromatic carbocycles. The molecule has 1 heterocycles. The molecule has 0 radical (unpaired) electrons. The maximum Gasteiger partial charge on any atom is 0.251 e. The molecule has 0 aliphatic carbocycles. The number of piperidine rings is 1. The fraction of sp³-hybridized carbons (Fsp3) is 0.533. The van der Waals surface area contributed by atoms with Crippen LogP contribution in [-0.4, -0.2) is 49.5 Å². The second-order valence-electron chi connectivity index (χ2n) is 5.47. The summed E-state index contributed by atoms with van der Waals surface area (Å²) >= 11 is 0. The Hall–Kier alpha value is -1.44. The van der Waals surface area contributed by atoms with Gasteiger partial charge in [0.2, 0.25) is 10.0 Å². The molecule has 1 aliphatic rings. The van der Waals surface area contributed by atoms with E-state index in [1.807, 2.05) is 6.92 Å². The summed E-state index contributed by atoms with van der Waals surface area (Å²) in [6.45, 7) is 2.41. The van der Waals surface area contributed by atoms with E-state index in [1.165, 1.54) is 16.4 Å². The van der Waals surface area contributed by atoms with Gasteiger partial charge >= 0.3 is 0 Å². The van der Waals surface area contributed by atoms with Crippen LogP contribution >= 0.6 is 0 Å². The van der Waals surface area contributed by atoms with Gasteiger partial charge in [0.05, 0.1) is 11.5 Å². The fourth-order valence-corrected chi connectivity index (χ4v) is 4.38. The zero-order chi connectivity index (χ0) is 16.2. The van der Waals surface area contributed by atoms with Crippen molar-refractivity contribution in [3.8, 4) is 0 Å². The predicted molar refractivity (Wildman–Crippen MR) is 83.1 cm³/mol. The summed E-state index contributed by atoms with van der Waals surface area (Å²) in [4.78, 5) is 12.0. The van der Waals surface area contributed by atoms with Gasteiger partial charge in [-0.05, 0) is 38.0 Å². The third-order valence-electron chi connectivity index (χ3n) is 3.84. The number of nitrogens with one attached hydrogen (secondary N) is 1. The molecule has 0 saturated carbocycles. The van der Waals surface area contributed by atoms with Gasteiger partial charge in [0.15, 0.2) is 0 Å². The third-order valence-corrected chi connectivity index (χ3v) is 5.85. The maximum atomic E-state index is 12.7. The highest BCUT2D eigenvalue weighted by Crippen LogP contribution is 2.25. The first-order chi connectivity index (χ1) is 10.5. The minimum atomic E-state index is -3.58. The van der Waals surface area contributed by atoms with Crippen LogP contribution in [0.3, 0.4) is 0 Å². The zero-order valence-electron chi connectivity index (χ0n) is 12.7. The number of aliphatic hydroxyl groups is 1. The summed E-state index contributed by atoms with van der Waals surface area (Å²) in [6, 6.07) is 6.01. The lowest BCUT2D eigenvalue weighted by Gasteiger charge is -2.32. The molecule has 1 saturated heterocycles. The first-order valence-electron chi connectivity index (χ1n) is 7.48. The van der Waals surface area contributed by atoms with Gasteiger partial charge in [-0.25, -0.2) is 8.42 Å². The Balaban J connectivity index is 2.26. The summed E-state index contributed by atoms with van der Waals surface area (Å²) in [6.07, 6.45) is 2.76. The van der Waals surface area contributed by atoms with Crippen molar-refractivity contribution in [2.45, 2.75) is 37.1 Å². The SMILES string of the molecule is CC1CCCCN1S(=O)(=O)c1cccc(C(=O)NCCO)c1. The van der Waals surface area contributed by atoms with Crippen molar-refractivity contribution < 1.29 is 18.3 Å². The summed E-state index contributed by atoms with van der Waals surface area (Å²) in [7, 11) is -3.58. The van der Waals surface area contributed by atoms with E-state index in [2.05, 4.69) is 5.32 Å². The summed E-state index contributed by atoms with van der Waals surface area (Å²) < 4.78 is 27.0. The van der Waals surface area contributed by atoms with Crippen molar-refractivity contribution >= 4 is 15.9 Å². The van der Waals surface area contributed by atoms with Crippen molar-refractivity contribution in [2.75, 3.05) is 19.7 Å². The number of sulfonamides is 1. The Morgan fingerprint density at radius 2 is 2.18 bits per heavy atom. The molecule has 1 aromatic rings. The normalized spacial score (nSPS) is 19.8. The van der Waals surface area contributed by atoms with E-state index < -0.39 is 15.9 Å². The van der Waals surface area contributed by atoms with Crippen LogP contribution in [0.2, 0.25) is 0 Å². The van der Waals surface area contributed by atoms with Gasteiger partial charge in [-0.1, -0.05) is 12.5 Å². The standard InChI is InChI=1S/C15H22N2O4S/c1-12-5-2-3-9-17(12)22(20,21)14-7-4-6-13(11-14)15(19)16-8-10-18/h4,6-7,11-12,18H,2-3,5,8-10H2,1H3,(H,16,19). The van der Waals surface area contributed by atoms with Crippen molar-refractivity contribution in [1.29, 1.82) is 0 Å². The summed E-state index contributed by atoms with van der Waals surface area (Å²) in [5.41, 5.74) is 0.277. The van der Waals surface area contributed by atoms with E-state index in [4.69, 9.17) is 5.11 Å². The van der Waals surface area contributed by atoms with Gasteiger partial charge in [0, 0.05) is 24.7 Å². The molecule has 1 fully saturated rings. The van der Waals surface area contributed by atoms with Gasteiger partial charge in [0.1, 0.15) is 0 Å². The zero-order valence-corrected chi connectivity index (χ0v) is 13.5. The van der Waals surface area contributed by atoms with E-state index >= 15 is 0 Å². The monoisotopic (exact) mass is 326 g/mol. The number of hydrogen-bond donors (Lipinski definition) is 2. The quantitative estimate of drug-likeness (QED) is 0.844. The Morgan fingerprint density at radius 1 is 1.41 bits per heavy atom. The number of carbonyl (C=O) groups is 1. The van der Waals surface area contributed by atoms with Gasteiger partial charge in [0.25, 0.3) is 5.91 Å². The van der Waals surface area contributed by atoms with Gasteiger partial charge < -0.3 is 10.4 Å². The highest BCUT2D eigenvalue weighted by Gasteiger charge is 2.31. The smallest absolute Gasteiger partial charge is 0.251 e. The average Bonchev–Trinajstić information content (AvgIpc) is 2.53. The maximum absolute atomic E-state index is 12.7. The first kappa shape index (κ1) is 16.9. The van der Waals surface area contributed by atoms with E-state index in [-0.39, 0.29) is 29.7 Å². The molecule has 2 rings (SSSR count). The second-order valence-corrected chi connectivity index (χ2v) is 7.36. The van der Waals surface area contributed by atoms with Crippen molar-refractivity contribution in [1.82, 2.24) is 9.62 Å². The number of hydrogen-bond acceptors (Lipinski definition) is 4. The van der Waals surface area contributed by atoms with E-state index in [9.17, 15) is 13.2 Å². The molecule has 6 nitrogen and oxygen atoms in total. The number of benzene rings is 1. The van der Waals surface area contributed by atoms with Crippen LogP contribution in [0.5, 0.6) is 0 Å². The van der Waals surface area contributed by atoms with Crippen LogP contribution in [0.4, 0.5) is 0 Å². The average molecular weight is 326 g/mol. The second kappa shape index (κ2) is 7.21. The molecule has 2 N–H and O–H groups in total. The number of carbonyl (C=O) groups excluding carboxylic acids is 1. The minimum Gasteiger partial charge on any atom is -0.395 e. The molecule has 1 unspecified atom stereocenters. The van der Waals surface area contributed by atoms with E-state index in [1.54, 1.807) is 12.1 Å². The Morgan fingerprint density at radius 3 is 2.86 bits per heavy atom. The molecule has 0 spiro atoms. The van der Waals surface area contributed by atoms with Crippen LogP contribution < -0.4 is 5.32 Å². The first-order valence-corrected chi connectivity index (χ1v) is 8.92. The van der Waals surface area contributed by atoms with Gasteiger partial charge in [-0.3, -0.25) is 4.79 Å². The predicted octanol–water partition coefficient (Wildman–Crippen LogP) is 0.972. The molecule has 0 aromatic heterocycles. The number of amides is 1. The molecule has 7 heteroatoms. The largest absolute Gasteiger partial charge is 0.395 e. The van der Waals surface area contributed by atoms with Crippen LogP contribution in [0.1, 0.15) is 36.5 Å². The minimum absolute atomic E-state index is 0.0226.